The van der Waals surface area contributed by atoms with Gasteiger partial charge in [-0.3, -0.25) is 4.79 Å². The van der Waals surface area contributed by atoms with Gasteiger partial charge in [0.2, 0.25) is 5.91 Å². The van der Waals surface area contributed by atoms with Crippen molar-refractivity contribution < 1.29 is 14.7 Å². The molecule has 1 amide bonds. The van der Waals surface area contributed by atoms with Gasteiger partial charge in [-0.05, 0) is 20.1 Å². The number of hydrogen-bond acceptors (Lipinski definition) is 3. The molecule has 12 heavy (non-hydrogen) atoms. The number of carbonyl (C=O) groups is 2. The van der Waals surface area contributed by atoms with Gasteiger partial charge in [0, 0.05) is 0 Å². The van der Waals surface area contributed by atoms with E-state index >= 15 is 0 Å². The van der Waals surface area contributed by atoms with E-state index in [1.165, 1.54) is 25.6 Å². The molecule has 0 heterocycles. The lowest BCUT2D eigenvalue weighted by Crippen LogP contribution is -2.50. The number of rotatable bonds is 4. The van der Waals surface area contributed by atoms with E-state index in [0.717, 1.165) is 0 Å². The largest absolute Gasteiger partial charge is 0.480 e. The molecular formula is C7H13NO3S. The van der Waals surface area contributed by atoms with E-state index in [-0.39, 0.29) is 11.7 Å². The average Bonchev–Trinajstić information content (AvgIpc) is 1.85. The van der Waals surface area contributed by atoms with E-state index < -0.39 is 11.5 Å². The summed E-state index contributed by atoms with van der Waals surface area (Å²) in [4.78, 5) is 21.5. The molecular weight excluding hydrogens is 178 g/mol. The van der Waals surface area contributed by atoms with Gasteiger partial charge in [-0.2, -0.15) is 11.8 Å². The zero-order chi connectivity index (χ0) is 9.78. The average molecular weight is 191 g/mol. The molecule has 0 unspecified atom stereocenters. The summed E-state index contributed by atoms with van der Waals surface area (Å²) < 4.78 is 0. The number of carboxylic acids is 1. The highest BCUT2D eigenvalue weighted by atomic mass is 32.2. The molecule has 0 radical (unpaired) electrons. The maximum atomic E-state index is 11.0. The molecule has 0 bridgehead atoms. The van der Waals surface area contributed by atoms with Crippen LogP contribution in [0.2, 0.25) is 0 Å². The van der Waals surface area contributed by atoms with Crippen LogP contribution in [-0.4, -0.2) is 34.5 Å². The summed E-state index contributed by atoms with van der Waals surface area (Å²) >= 11 is 1.36. The van der Waals surface area contributed by atoms with Gasteiger partial charge in [0.25, 0.3) is 0 Å². The molecule has 0 aromatic carbocycles. The van der Waals surface area contributed by atoms with Crippen LogP contribution in [-0.2, 0) is 9.59 Å². The lowest BCUT2D eigenvalue weighted by atomic mass is 10.1. The molecule has 0 rings (SSSR count). The summed E-state index contributed by atoms with van der Waals surface area (Å²) in [6.07, 6.45) is 1.79. The van der Waals surface area contributed by atoms with Crippen LogP contribution >= 0.6 is 11.8 Å². The molecule has 0 spiro atoms. The van der Waals surface area contributed by atoms with Crippen LogP contribution in [0.25, 0.3) is 0 Å². The van der Waals surface area contributed by atoms with Crippen LogP contribution in [0.5, 0.6) is 0 Å². The van der Waals surface area contributed by atoms with E-state index in [9.17, 15) is 9.59 Å². The Labute approximate surface area is 75.7 Å². The van der Waals surface area contributed by atoms with Crippen molar-refractivity contribution in [1.82, 2.24) is 5.32 Å². The Balaban J connectivity index is 4.06. The highest BCUT2D eigenvalue weighted by Crippen LogP contribution is 2.02. The van der Waals surface area contributed by atoms with Gasteiger partial charge < -0.3 is 10.4 Å². The van der Waals surface area contributed by atoms with E-state index in [1.54, 1.807) is 6.26 Å². The predicted molar refractivity (Wildman–Crippen MR) is 48.2 cm³/mol. The van der Waals surface area contributed by atoms with Crippen LogP contribution in [0.3, 0.4) is 0 Å². The Morgan fingerprint density at radius 2 is 2.00 bits per heavy atom. The first-order chi connectivity index (χ1) is 5.40. The fourth-order valence-electron chi connectivity index (χ4n) is 0.569. The number of aliphatic carboxylic acids is 1. The topological polar surface area (TPSA) is 66.4 Å². The molecule has 70 valence electrons. The molecule has 0 aliphatic rings. The summed E-state index contributed by atoms with van der Waals surface area (Å²) in [7, 11) is 0. The molecule has 0 saturated heterocycles. The van der Waals surface area contributed by atoms with Crippen LogP contribution in [0.1, 0.15) is 13.8 Å². The Bertz CT molecular complexity index is 191. The second kappa shape index (κ2) is 4.35. The van der Waals surface area contributed by atoms with E-state index in [1.807, 2.05) is 0 Å². The van der Waals surface area contributed by atoms with Gasteiger partial charge in [-0.1, -0.05) is 0 Å². The Morgan fingerprint density at radius 1 is 1.50 bits per heavy atom. The minimum Gasteiger partial charge on any atom is -0.480 e. The molecule has 0 aromatic rings. The Hall–Kier alpha value is -0.710. The summed E-state index contributed by atoms with van der Waals surface area (Å²) in [5.74, 6) is -0.997. The summed E-state index contributed by atoms with van der Waals surface area (Å²) in [5.41, 5.74) is -1.17. The van der Waals surface area contributed by atoms with Crippen molar-refractivity contribution in [3.8, 4) is 0 Å². The fourth-order valence-corrected chi connectivity index (χ4v) is 0.904. The van der Waals surface area contributed by atoms with Crippen molar-refractivity contribution in [2.24, 2.45) is 0 Å². The first-order valence-corrected chi connectivity index (χ1v) is 4.83. The quantitative estimate of drug-likeness (QED) is 0.672. The standard InChI is InChI=1S/C7H13NO3S/c1-7(2,6(10)11)8-5(9)4-12-3/h4H2,1-3H3,(H,8,9)(H,10,11). The highest BCUT2D eigenvalue weighted by Gasteiger charge is 2.28. The van der Waals surface area contributed by atoms with Gasteiger partial charge in [0.15, 0.2) is 0 Å². The van der Waals surface area contributed by atoms with Crippen LogP contribution in [0.15, 0.2) is 0 Å². The molecule has 2 N–H and O–H groups in total. The summed E-state index contributed by atoms with van der Waals surface area (Å²) in [6.45, 7) is 2.90. The Kier molecular flexibility index (Phi) is 4.09. The second-order valence-electron chi connectivity index (χ2n) is 2.91. The molecule has 4 nitrogen and oxygen atoms in total. The zero-order valence-electron chi connectivity index (χ0n) is 7.38. The minimum absolute atomic E-state index is 0.255. The van der Waals surface area contributed by atoms with E-state index in [2.05, 4.69) is 5.32 Å². The van der Waals surface area contributed by atoms with Crippen molar-refractivity contribution in [1.29, 1.82) is 0 Å². The predicted octanol–water partition coefficient (Wildman–Crippen LogP) is 0.329. The third-order valence-electron chi connectivity index (χ3n) is 1.26. The smallest absolute Gasteiger partial charge is 0.328 e. The second-order valence-corrected chi connectivity index (χ2v) is 3.78. The van der Waals surface area contributed by atoms with Gasteiger partial charge in [0.05, 0.1) is 5.75 Å². The molecule has 0 aromatic heterocycles. The van der Waals surface area contributed by atoms with Crippen LogP contribution < -0.4 is 5.32 Å². The van der Waals surface area contributed by atoms with Crippen LogP contribution in [0, 0.1) is 0 Å². The van der Waals surface area contributed by atoms with Gasteiger partial charge in [-0.25, -0.2) is 4.79 Å². The summed E-state index contributed by atoms with van der Waals surface area (Å²) in [5, 5.41) is 11.0. The van der Waals surface area contributed by atoms with Crippen molar-refractivity contribution in [3.63, 3.8) is 0 Å². The molecule has 0 atom stereocenters. The maximum Gasteiger partial charge on any atom is 0.328 e. The maximum absolute atomic E-state index is 11.0. The van der Waals surface area contributed by atoms with Gasteiger partial charge in [0.1, 0.15) is 5.54 Å². The highest BCUT2D eigenvalue weighted by molar-refractivity contribution is 7.99. The molecule has 0 saturated carbocycles. The zero-order valence-corrected chi connectivity index (χ0v) is 8.20. The molecule has 0 aliphatic heterocycles. The lowest BCUT2D eigenvalue weighted by Gasteiger charge is -2.20. The van der Waals surface area contributed by atoms with E-state index in [0.29, 0.717) is 0 Å². The number of amides is 1. The SMILES string of the molecule is CSCC(=O)NC(C)(C)C(=O)O. The minimum atomic E-state index is -1.17. The first-order valence-electron chi connectivity index (χ1n) is 3.43. The van der Waals surface area contributed by atoms with Crippen molar-refractivity contribution in [2.45, 2.75) is 19.4 Å². The lowest BCUT2D eigenvalue weighted by molar-refractivity contribution is -0.145. The third-order valence-corrected chi connectivity index (χ3v) is 1.81. The Morgan fingerprint density at radius 3 is 2.33 bits per heavy atom. The number of carbonyl (C=O) groups excluding carboxylic acids is 1. The first kappa shape index (κ1) is 11.3. The fraction of sp³-hybridized carbons (Fsp3) is 0.714. The molecule has 5 heteroatoms. The van der Waals surface area contributed by atoms with E-state index in [4.69, 9.17) is 5.11 Å². The molecule has 0 aliphatic carbocycles. The number of carboxylic acid groups (broad SMARTS) is 1. The van der Waals surface area contributed by atoms with Crippen molar-refractivity contribution in [3.05, 3.63) is 0 Å². The van der Waals surface area contributed by atoms with Crippen molar-refractivity contribution >= 4 is 23.6 Å². The monoisotopic (exact) mass is 191 g/mol. The van der Waals surface area contributed by atoms with Crippen molar-refractivity contribution in [2.75, 3.05) is 12.0 Å². The summed E-state index contributed by atoms with van der Waals surface area (Å²) in [6, 6.07) is 0. The molecule has 0 fully saturated rings. The number of nitrogens with one attached hydrogen (secondary N) is 1. The number of hydrogen-bond donors (Lipinski definition) is 2. The third kappa shape index (κ3) is 3.61. The van der Waals surface area contributed by atoms with Gasteiger partial charge in [-0.15, -0.1) is 0 Å². The normalized spacial score (nSPS) is 10.9. The van der Waals surface area contributed by atoms with Gasteiger partial charge >= 0.3 is 5.97 Å². The van der Waals surface area contributed by atoms with Crippen LogP contribution in [0.4, 0.5) is 0 Å². The number of thioether (sulfide) groups is 1.